The number of nitrogens with zero attached hydrogens (tertiary/aromatic N) is 2. The quantitative estimate of drug-likeness (QED) is 0.855. The number of amides is 2. The van der Waals surface area contributed by atoms with Gasteiger partial charge in [0.1, 0.15) is 5.69 Å². The molecule has 1 aromatic rings. The molecule has 0 radical (unpaired) electrons. The van der Waals surface area contributed by atoms with Crippen molar-refractivity contribution >= 4 is 11.8 Å². The number of hydrogen-bond acceptors (Lipinski definition) is 3. The molecule has 3 heterocycles. The lowest BCUT2D eigenvalue weighted by Crippen LogP contribution is -2.45. The number of hydrogen-bond donors (Lipinski definition) is 2. The molecule has 2 fully saturated rings. The van der Waals surface area contributed by atoms with Crippen molar-refractivity contribution in [3.8, 4) is 0 Å². The summed E-state index contributed by atoms with van der Waals surface area (Å²) in [5, 5.41) is 3.09. The predicted octanol–water partition coefficient (Wildman–Crippen LogP) is 1.86. The highest BCUT2D eigenvalue weighted by Crippen LogP contribution is 2.17. The van der Waals surface area contributed by atoms with E-state index in [9.17, 15) is 9.59 Å². The average molecular weight is 346 g/mol. The molecule has 0 aromatic carbocycles. The average Bonchev–Trinajstić information content (AvgIpc) is 3.05. The number of likely N-dealkylation sites (tertiary alicyclic amines) is 2. The summed E-state index contributed by atoms with van der Waals surface area (Å²) in [6.07, 6.45) is 8.81. The molecule has 1 aromatic heterocycles. The van der Waals surface area contributed by atoms with Crippen molar-refractivity contribution in [1.29, 1.82) is 0 Å². The lowest BCUT2D eigenvalue weighted by molar-refractivity contribution is -0.122. The minimum Gasteiger partial charge on any atom is -0.357 e. The molecule has 2 N–H and O–H groups in total. The Labute approximate surface area is 149 Å². The maximum absolute atomic E-state index is 12.4. The molecule has 2 amide bonds. The monoisotopic (exact) mass is 346 g/mol. The van der Waals surface area contributed by atoms with Gasteiger partial charge in [-0.25, -0.2) is 0 Å². The minimum atomic E-state index is 0.0607. The first-order chi connectivity index (χ1) is 12.2. The Balaban J connectivity index is 1.41. The van der Waals surface area contributed by atoms with Crippen molar-refractivity contribution in [1.82, 2.24) is 20.1 Å². The number of carbonyl (C=O) groups is 2. The zero-order valence-electron chi connectivity index (χ0n) is 15.0. The summed E-state index contributed by atoms with van der Waals surface area (Å²) in [6.45, 7) is 4.78. The van der Waals surface area contributed by atoms with Crippen LogP contribution in [0, 0.1) is 5.92 Å². The van der Waals surface area contributed by atoms with E-state index < -0.39 is 0 Å². The predicted molar refractivity (Wildman–Crippen MR) is 97.3 cm³/mol. The van der Waals surface area contributed by atoms with Gasteiger partial charge < -0.3 is 15.2 Å². The van der Waals surface area contributed by atoms with Gasteiger partial charge >= 0.3 is 0 Å². The molecule has 0 spiro atoms. The van der Waals surface area contributed by atoms with Crippen molar-refractivity contribution in [2.75, 3.05) is 39.3 Å². The summed E-state index contributed by atoms with van der Waals surface area (Å²) in [5.74, 6) is 0.529. The van der Waals surface area contributed by atoms with E-state index in [-0.39, 0.29) is 11.8 Å². The Morgan fingerprint density at radius 3 is 2.64 bits per heavy atom. The van der Waals surface area contributed by atoms with E-state index in [0.717, 1.165) is 39.0 Å². The maximum Gasteiger partial charge on any atom is 0.270 e. The van der Waals surface area contributed by atoms with Crippen molar-refractivity contribution < 1.29 is 9.59 Å². The van der Waals surface area contributed by atoms with E-state index in [1.165, 1.54) is 25.7 Å². The summed E-state index contributed by atoms with van der Waals surface area (Å²) in [6, 6.07) is 3.66. The highest BCUT2D eigenvalue weighted by Gasteiger charge is 2.25. The number of aromatic nitrogens is 1. The van der Waals surface area contributed by atoms with Gasteiger partial charge in [0.2, 0.25) is 5.91 Å². The molecule has 2 aliphatic rings. The van der Waals surface area contributed by atoms with E-state index in [1.807, 2.05) is 17.0 Å². The second kappa shape index (κ2) is 9.04. The number of nitrogens with one attached hydrogen (secondary N) is 2. The van der Waals surface area contributed by atoms with Crippen LogP contribution in [0.25, 0.3) is 0 Å². The molecule has 1 atom stereocenters. The van der Waals surface area contributed by atoms with Crippen LogP contribution in [0.1, 0.15) is 49.0 Å². The van der Waals surface area contributed by atoms with Crippen LogP contribution in [0.3, 0.4) is 0 Å². The van der Waals surface area contributed by atoms with Crippen LogP contribution in [-0.2, 0) is 4.79 Å². The highest BCUT2D eigenvalue weighted by atomic mass is 16.2. The fourth-order valence-electron chi connectivity index (χ4n) is 3.86. The van der Waals surface area contributed by atoms with Gasteiger partial charge in [-0.15, -0.1) is 0 Å². The van der Waals surface area contributed by atoms with Crippen molar-refractivity contribution in [2.45, 2.75) is 38.5 Å². The van der Waals surface area contributed by atoms with Crippen LogP contribution in [0.2, 0.25) is 0 Å². The molecule has 3 rings (SSSR count). The summed E-state index contributed by atoms with van der Waals surface area (Å²) in [5.41, 5.74) is 0.644. The first kappa shape index (κ1) is 18.0. The van der Waals surface area contributed by atoms with Gasteiger partial charge in [-0.1, -0.05) is 12.8 Å². The van der Waals surface area contributed by atoms with Gasteiger partial charge in [-0.05, 0) is 56.8 Å². The molecule has 2 aliphatic heterocycles. The Morgan fingerprint density at radius 2 is 1.92 bits per heavy atom. The van der Waals surface area contributed by atoms with Gasteiger partial charge in [-0.3, -0.25) is 14.5 Å². The topological polar surface area (TPSA) is 68.4 Å². The molecule has 1 unspecified atom stereocenters. The van der Waals surface area contributed by atoms with Crippen LogP contribution in [0.5, 0.6) is 0 Å². The van der Waals surface area contributed by atoms with E-state index in [0.29, 0.717) is 24.7 Å². The summed E-state index contributed by atoms with van der Waals surface area (Å²) in [7, 11) is 0. The fourth-order valence-corrected chi connectivity index (χ4v) is 3.86. The normalized spacial score (nSPS) is 22.4. The molecule has 6 heteroatoms. The molecular weight excluding hydrogens is 316 g/mol. The molecule has 0 saturated carbocycles. The minimum absolute atomic E-state index is 0.0607. The molecule has 2 saturated heterocycles. The van der Waals surface area contributed by atoms with E-state index in [1.54, 1.807) is 6.20 Å². The number of carbonyl (C=O) groups excluding carboxylic acids is 2. The number of rotatable bonds is 5. The highest BCUT2D eigenvalue weighted by molar-refractivity contribution is 5.92. The largest absolute Gasteiger partial charge is 0.357 e. The second-order valence-corrected chi connectivity index (χ2v) is 7.34. The first-order valence-corrected chi connectivity index (χ1v) is 9.64. The summed E-state index contributed by atoms with van der Waals surface area (Å²) in [4.78, 5) is 31.8. The standard InChI is InChI=1S/C19H30N4O2/c24-18(15-22-10-3-1-2-4-11-22)21-13-16-7-6-12-23(14-16)19(25)17-8-5-9-20-17/h5,8-9,16,20H,1-4,6-7,10-15H2,(H,21,24). The SMILES string of the molecule is O=C(CN1CCCCCC1)NCC1CCCN(C(=O)c2ccc[nH]2)C1. The van der Waals surface area contributed by atoms with E-state index in [4.69, 9.17) is 0 Å². The second-order valence-electron chi connectivity index (χ2n) is 7.34. The third-order valence-corrected chi connectivity index (χ3v) is 5.29. The van der Waals surface area contributed by atoms with E-state index in [2.05, 4.69) is 15.2 Å². The van der Waals surface area contributed by atoms with Crippen molar-refractivity contribution in [3.05, 3.63) is 24.0 Å². The van der Waals surface area contributed by atoms with Crippen LogP contribution in [0.4, 0.5) is 0 Å². The van der Waals surface area contributed by atoms with Gasteiger partial charge in [0, 0.05) is 25.8 Å². The number of H-pyrrole nitrogens is 1. The molecule has 25 heavy (non-hydrogen) atoms. The molecular formula is C19H30N4O2. The van der Waals surface area contributed by atoms with Crippen LogP contribution < -0.4 is 5.32 Å². The Hall–Kier alpha value is -1.82. The third-order valence-electron chi connectivity index (χ3n) is 5.29. The van der Waals surface area contributed by atoms with Gasteiger partial charge in [0.15, 0.2) is 0 Å². The smallest absolute Gasteiger partial charge is 0.270 e. The van der Waals surface area contributed by atoms with Crippen molar-refractivity contribution in [3.63, 3.8) is 0 Å². The zero-order chi connectivity index (χ0) is 17.5. The number of aromatic amines is 1. The molecule has 138 valence electrons. The number of piperidine rings is 1. The lowest BCUT2D eigenvalue weighted by Gasteiger charge is -2.32. The maximum atomic E-state index is 12.4. The Kier molecular flexibility index (Phi) is 6.50. The van der Waals surface area contributed by atoms with Gasteiger partial charge in [-0.2, -0.15) is 0 Å². The summed E-state index contributed by atoms with van der Waals surface area (Å²) >= 11 is 0. The Bertz CT molecular complexity index is 550. The van der Waals surface area contributed by atoms with Gasteiger partial charge in [0.05, 0.1) is 6.54 Å². The summed E-state index contributed by atoms with van der Waals surface area (Å²) < 4.78 is 0. The fraction of sp³-hybridized carbons (Fsp3) is 0.684. The molecule has 6 nitrogen and oxygen atoms in total. The van der Waals surface area contributed by atoms with Crippen LogP contribution in [0.15, 0.2) is 18.3 Å². The molecule has 0 bridgehead atoms. The van der Waals surface area contributed by atoms with Crippen LogP contribution in [-0.4, -0.2) is 65.9 Å². The molecule has 0 aliphatic carbocycles. The third kappa shape index (κ3) is 5.33. The van der Waals surface area contributed by atoms with Crippen LogP contribution >= 0.6 is 0 Å². The zero-order valence-corrected chi connectivity index (χ0v) is 15.0. The van der Waals surface area contributed by atoms with Crippen molar-refractivity contribution in [2.24, 2.45) is 5.92 Å². The lowest BCUT2D eigenvalue weighted by atomic mass is 9.97. The Morgan fingerprint density at radius 1 is 1.12 bits per heavy atom. The first-order valence-electron chi connectivity index (χ1n) is 9.64. The van der Waals surface area contributed by atoms with E-state index >= 15 is 0 Å². The van der Waals surface area contributed by atoms with Gasteiger partial charge in [0.25, 0.3) is 5.91 Å².